The molecule has 6 nitrogen and oxygen atoms in total. The number of hydrogen-bond acceptors (Lipinski definition) is 5. The first-order valence-corrected chi connectivity index (χ1v) is 8.97. The monoisotopic (exact) mass is 376 g/mol. The molecule has 25 heavy (non-hydrogen) atoms. The summed E-state index contributed by atoms with van der Waals surface area (Å²) < 4.78 is 0. The van der Waals surface area contributed by atoms with Crippen LogP contribution in [-0.4, -0.2) is 28.2 Å². The van der Waals surface area contributed by atoms with Crippen molar-refractivity contribution in [1.82, 2.24) is 15.3 Å². The normalized spacial score (nSPS) is 10.5. The fourth-order valence-electron chi connectivity index (χ4n) is 1.94. The number of H-pyrrole nitrogens is 1. The van der Waals surface area contributed by atoms with Crippen LogP contribution in [0, 0.1) is 17.2 Å². The number of thioether (sulfide) groups is 1. The van der Waals surface area contributed by atoms with Crippen molar-refractivity contribution in [3.05, 3.63) is 45.2 Å². The average Bonchev–Trinajstić information content (AvgIpc) is 2.58. The third kappa shape index (κ3) is 5.34. The van der Waals surface area contributed by atoms with Gasteiger partial charge in [-0.3, -0.25) is 9.59 Å². The van der Waals surface area contributed by atoms with Crippen LogP contribution in [0.5, 0.6) is 0 Å². The van der Waals surface area contributed by atoms with Crippen molar-refractivity contribution < 1.29 is 4.79 Å². The van der Waals surface area contributed by atoms with Gasteiger partial charge in [-0.1, -0.05) is 49.3 Å². The number of amides is 1. The summed E-state index contributed by atoms with van der Waals surface area (Å²) in [6.45, 7) is 4.60. The highest BCUT2D eigenvalue weighted by Gasteiger charge is 2.14. The minimum absolute atomic E-state index is 0.0732. The summed E-state index contributed by atoms with van der Waals surface area (Å²) in [5.74, 6) is 0.346. The molecular formula is C17H17ClN4O2S. The Hall–Kier alpha value is -2.30. The van der Waals surface area contributed by atoms with E-state index in [-0.39, 0.29) is 28.1 Å². The van der Waals surface area contributed by atoms with Crippen molar-refractivity contribution >= 4 is 29.3 Å². The Balaban J connectivity index is 2.24. The Morgan fingerprint density at radius 1 is 1.40 bits per heavy atom. The van der Waals surface area contributed by atoms with Gasteiger partial charge in [-0.2, -0.15) is 5.26 Å². The standard InChI is InChI=1S/C17H17ClN4O2S/c1-10(2)8-20-14(23)9-25-17-21-15(13(7-19)16(24)22-17)11-3-5-12(18)6-4-11/h3-6,10H,8-9H2,1-2H3,(H,20,23)(H,21,22,24). The van der Waals surface area contributed by atoms with Gasteiger partial charge in [0, 0.05) is 17.1 Å². The molecule has 130 valence electrons. The summed E-state index contributed by atoms with van der Waals surface area (Å²) in [6, 6.07) is 8.57. The second-order valence-corrected chi connectivity index (χ2v) is 7.10. The largest absolute Gasteiger partial charge is 0.355 e. The van der Waals surface area contributed by atoms with Crippen LogP contribution in [0.15, 0.2) is 34.2 Å². The average molecular weight is 377 g/mol. The summed E-state index contributed by atoms with van der Waals surface area (Å²) in [7, 11) is 0. The summed E-state index contributed by atoms with van der Waals surface area (Å²) in [6.07, 6.45) is 0. The van der Waals surface area contributed by atoms with Crippen molar-refractivity contribution in [3.8, 4) is 17.3 Å². The molecule has 1 amide bonds. The van der Waals surface area contributed by atoms with Gasteiger partial charge in [0.25, 0.3) is 5.56 Å². The Morgan fingerprint density at radius 3 is 2.68 bits per heavy atom. The second kappa shape index (κ2) is 8.70. The Morgan fingerprint density at radius 2 is 2.08 bits per heavy atom. The second-order valence-electron chi connectivity index (χ2n) is 5.70. The molecule has 0 fully saturated rings. The van der Waals surface area contributed by atoms with Crippen LogP contribution in [0.1, 0.15) is 19.4 Å². The van der Waals surface area contributed by atoms with Crippen LogP contribution in [0.4, 0.5) is 0 Å². The molecule has 0 saturated carbocycles. The smallest absolute Gasteiger partial charge is 0.270 e. The number of nitriles is 1. The van der Waals surface area contributed by atoms with E-state index in [1.807, 2.05) is 19.9 Å². The van der Waals surface area contributed by atoms with Crippen LogP contribution in [0.2, 0.25) is 5.02 Å². The quantitative estimate of drug-likeness (QED) is 0.596. The highest BCUT2D eigenvalue weighted by molar-refractivity contribution is 7.99. The first kappa shape index (κ1) is 19.0. The van der Waals surface area contributed by atoms with E-state index in [4.69, 9.17) is 11.6 Å². The van der Waals surface area contributed by atoms with Crippen LogP contribution in [-0.2, 0) is 4.79 Å². The number of nitrogens with zero attached hydrogens (tertiary/aromatic N) is 2. The van der Waals surface area contributed by atoms with E-state index in [1.54, 1.807) is 24.3 Å². The zero-order valence-corrected chi connectivity index (χ0v) is 15.4. The summed E-state index contributed by atoms with van der Waals surface area (Å²) >= 11 is 6.98. The summed E-state index contributed by atoms with van der Waals surface area (Å²) in [5, 5.41) is 12.9. The molecule has 8 heteroatoms. The van der Waals surface area contributed by atoms with Crippen LogP contribution < -0.4 is 10.9 Å². The molecule has 2 aromatic rings. The molecule has 0 aliphatic heterocycles. The fourth-order valence-corrected chi connectivity index (χ4v) is 2.76. The van der Waals surface area contributed by atoms with Crippen molar-refractivity contribution in [3.63, 3.8) is 0 Å². The Kier molecular flexibility index (Phi) is 6.62. The van der Waals surface area contributed by atoms with Gasteiger partial charge in [-0.25, -0.2) is 4.98 Å². The van der Waals surface area contributed by atoms with Gasteiger partial charge < -0.3 is 10.3 Å². The van der Waals surface area contributed by atoms with Gasteiger partial charge in [0.1, 0.15) is 11.6 Å². The highest BCUT2D eigenvalue weighted by atomic mass is 35.5. The number of benzene rings is 1. The molecule has 1 aromatic heterocycles. The zero-order valence-electron chi connectivity index (χ0n) is 13.8. The molecule has 0 aliphatic rings. The van der Waals surface area contributed by atoms with E-state index in [1.165, 1.54) is 0 Å². The molecule has 0 atom stereocenters. The fraction of sp³-hybridized carbons (Fsp3) is 0.294. The summed E-state index contributed by atoms with van der Waals surface area (Å²) in [5.41, 5.74) is 0.273. The minimum Gasteiger partial charge on any atom is -0.355 e. The predicted octanol–water partition coefficient (Wildman–Crippen LogP) is 2.83. The van der Waals surface area contributed by atoms with Crippen LogP contribution in [0.3, 0.4) is 0 Å². The number of aromatic nitrogens is 2. The molecule has 1 heterocycles. The Labute approximate surface area is 154 Å². The number of nitrogens with one attached hydrogen (secondary N) is 2. The van der Waals surface area contributed by atoms with Gasteiger partial charge in [0.05, 0.1) is 11.4 Å². The maximum atomic E-state index is 12.1. The number of rotatable bonds is 6. The molecule has 2 rings (SSSR count). The number of carbonyl (C=O) groups excluding carboxylic acids is 1. The van der Waals surface area contributed by atoms with Gasteiger partial charge in [0.2, 0.25) is 5.91 Å². The molecular weight excluding hydrogens is 360 g/mol. The number of carbonyl (C=O) groups is 1. The van der Waals surface area contributed by atoms with E-state index in [0.29, 0.717) is 23.0 Å². The molecule has 0 bridgehead atoms. The predicted molar refractivity (Wildman–Crippen MR) is 98.6 cm³/mol. The number of halogens is 1. The van der Waals surface area contributed by atoms with Crippen LogP contribution >= 0.6 is 23.4 Å². The van der Waals surface area contributed by atoms with E-state index in [0.717, 1.165) is 11.8 Å². The Bertz CT molecular complexity index is 856. The SMILES string of the molecule is CC(C)CNC(=O)CSc1nc(-c2ccc(Cl)cc2)c(C#N)c(=O)[nH]1. The molecule has 0 spiro atoms. The molecule has 2 N–H and O–H groups in total. The van der Waals surface area contributed by atoms with Crippen LogP contribution in [0.25, 0.3) is 11.3 Å². The lowest BCUT2D eigenvalue weighted by Gasteiger charge is -2.08. The molecule has 1 aromatic carbocycles. The van der Waals surface area contributed by atoms with E-state index in [2.05, 4.69) is 15.3 Å². The zero-order chi connectivity index (χ0) is 18.4. The molecule has 0 aliphatic carbocycles. The topological polar surface area (TPSA) is 98.6 Å². The maximum Gasteiger partial charge on any atom is 0.270 e. The van der Waals surface area contributed by atoms with Gasteiger partial charge in [-0.15, -0.1) is 0 Å². The lowest BCUT2D eigenvalue weighted by Crippen LogP contribution is -2.29. The highest BCUT2D eigenvalue weighted by Crippen LogP contribution is 2.23. The van der Waals surface area contributed by atoms with Gasteiger partial charge >= 0.3 is 0 Å². The van der Waals surface area contributed by atoms with E-state index >= 15 is 0 Å². The summed E-state index contributed by atoms with van der Waals surface area (Å²) in [4.78, 5) is 30.8. The van der Waals surface area contributed by atoms with Crippen molar-refractivity contribution in [2.75, 3.05) is 12.3 Å². The molecule has 0 unspecified atom stereocenters. The molecule has 0 radical (unpaired) electrons. The third-order valence-corrected chi connectivity index (χ3v) is 4.30. The maximum absolute atomic E-state index is 12.1. The first-order chi connectivity index (χ1) is 11.9. The van der Waals surface area contributed by atoms with Gasteiger partial charge in [-0.05, 0) is 18.1 Å². The number of hydrogen-bond donors (Lipinski definition) is 2. The van der Waals surface area contributed by atoms with Gasteiger partial charge in [0.15, 0.2) is 5.16 Å². The first-order valence-electron chi connectivity index (χ1n) is 7.60. The van der Waals surface area contributed by atoms with Crippen molar-refractivity contribution in [2.24, 2.45) is 5.92 Å². The van der Waals surface area contributed by atoms with Crippen molar-refractivity contribution in [2.45, 2.75) is 19.0 Å². The van der Waals surface area contributed by atoms with E-state index < -0.39 is 5.56 Å². The minimum atomic E-state index is -0.535. The number of aromatic amines is 1. The lowest BCUT2D eigenvalue weighted by molar-refractivity contribution is -0.118. The third-order valence-electron chi connectivity index (χ3n) is 3.17. The van der Waals surface area contributed by atoms with E-state index in [9.17, 15) is 14.9 Å². The molecule has 0 saturated heterocycles. The van der Waals surface area contributed by atoms with Crippen molar-refractivity contribution in [1.29, 1.82) is 5.26 Å². The lowest BCUT2D eigenvalue weighted by atomic mass is 10.1.